The molecule has 15 rings (SSSR count). The molecule has 0 saturated carbocycles. The lowest BCUT2D eigenvalue weighted by Gasteiger charge is -2.29. The quantitative estimate of drug-likeness (QED) is 0.148. The Balaban J connectivity index is 0.965. The maximum absolute atomic E-state index is 2.51. The van der Waals surface area contributed by atoms with E-state index >= 15 is 0 Å². The molecule has 0 aliphatic heterocycles. The van der Waals surface area contributed by atoms with Crippen molar-refractivity contribution in [1.29, 1.82) is 0 Å². The molecule has 12 aromatic carbocycles. The van der Waals surface area contributed by atoms with E-state index in [2.05, 4.69) is 301 Å². The number of fused-ring (bicyclic) bond motifs is 10. The summed E-state index contributed by atoms with van der Waals surface area (Å²) in [5.74, 6) is 0. The average molecular weight is 970 g/mol. The predicted octanol–water partition coefficient (Wildman–Crippen LogP) is 19.8. The van der Waals surface area contributed by atoms with Gasteiger partial charge in [-0.25, -0.2) is 0 Å². The zero-order valence-electron chi connectivity index (χ0n) is 42.3. The number of para-hydroxylation sites is 5. The van der Waals surface area contributed by atoms with E-state index in [1.807, 2.05) is 0 Å². The summed E-state index contributed by atoms with van der Waals surface area (Å²) in [5, 5.41) is 7.32. The molecule has 358 valence electrons. The third kappa shape index (κ3) is 6.75. The summed E-state index contributed by atoms with van der Waals surface area (Å²) >= 11 is 0. The van der Waals surface area contributed by atoms with Gasteiger partial charge in [-0.3, -0.25) is 0 Å². The second-order valence-corrected chi connectivity index (χ2v) is 20.9. The molecule has 1 aliphatic rings. The van der Waals surface area contributed by atoms with Crippen molar-refractivity contribution < 1.29 is 0 Å². The Labute approximate surface area is 442 Å². The van der Waals surface area contributed by atoms with E-state index in [9.17, 15) is 0 Å². The summed E-state index contributed by atoms with van der Waals surface area (Å²) in [6.45, 7) is 4.73. The lowest BCUT2D eigenvalue weighted by molar-refractivity contribution is 0.660. The number of hydrogen-bond acceptors (Lipinski definition) is 1. The molecule has 0 unspecified atom stereocenters. The molecule has 3 heteroatoms. The first-order chi connectivity index (χ1) is 37.5. The van der Waals surface area contributed by atoms with Crippen LogP contribution in [-0.4, -0.2) is 9.13 Å². The molecule has 2 heterocycles. The smallest absolute Gasteiger partial charge is 0.0543 e. The maximum Gasteiger partial charge on any atom is 0.0543 e. The van der Waals surface area contributed by atoms with Crippen molar-refractivity contribution in [2.24, 2.45) is 0 Å². The molecule has 3 nitrogen and oxygen atoms in total. The van der Waals surface area contributed by atoms with Crippen LogP contribution in [0.15, 0.2) is 273 Å². The van der Waals surface area contributed by atoms with Crippen LogP contribution in [0.5, 0.6) is 0 Å². The fraction of sp³-hybridized carbons (Fsp3) is 0.0411. The fourth-order valence-corrected chi connectivity index (χ4v) is 12.8. The predicted molar refractivity (Wildman–Crippen MR) is 321 cm³/mol. The van der Waals surface area contributed by atoms with Gasteiger partial charge in [-0.2, -0.15) is 0 Å². The van der Waals surface area contributed by atoms with E-state index in [0.717, 1.165) is 56.1 Å². The van der Waals surface area contributed by atoms with E-state index < -0.39 is 0 Å². The van der Waals surface area contributed by atoms with Crippen molar-refractivity contribution >= 4 is 71.4 Å². The van der Waals surface area contributed by atoms with Gasteiger partial charge in [-0.15, -0.1) is 0 Å². The summed E-state index contributed by atoms with van der Waals surface area (Å²) in [6, 6.07) is 101. The van der Waals surface area contributed by atoms with E-state index in [-0.39, 0.29) is 5.41 Å². The van der Waals surface area contributed by atoms with E-state index in [1.54, 1.807) is 0 Å². The Hall–Kier alpha value is -9.70. The molecule has 0 N–H and O–H groups in total. The lowest BCUT2D eigenvalue weighted by atomic mass is 9.82. The number of nitrogens with zero attached hydrogens (tertiary/aromatic N) is 3. The summed E-state index contributed by atoms with van der Waals surface area (Å²) in [6.07, 6.45) is 0. The molecule has 1 aliphatic carbocycles. The fourth-order valence-electron chi connectivity index (χ4n) is 12.8. The van der Waals surface area contributed by atoms with Gasteiger partial charge in [0.05, 0.1) is 39.1 Å². The van der Waals surface area contributed by atoms with Crippen LogP contribution in [0.4, 0.5) is 17.1 Å². The topological polar surface area (TPSA) is 13.1 Å². The molecule has 0 bridgehead atoms. The highest BCUT2D eigenvalue weighted by Crippen LogP contribution is 2.52. The Morgan fingerprint density at radius 1 is 0.316 bits per heavy atom. The highest BCUT2D eigenvalue weighted by Gasteiger charge is 2.37. The van der Waals surface area contributed by atoms with E-state index in [0.29, 0.717) is 0 Å². The van der Waals surface area contributed by atoms with Gasteiger partial charge in [0.25, 0.3) is 0 Å². The van der Waals surface area contributed by atoms with Crippen molar-refractivity contribution in [1.82, 2.24) is 9.13 Å². The standard InChI is InChI=1S/C73H51N3/c1-73(2)63-32-15-11-31-60(63)72-64(73)33-20-38-71(72)76-68-36-18-14-30-59(68)62-47-50(40-42-70(62)76)52-43-51(49-39-41-69-61(46-49)58-29-13-17-35-67(58)75(69)55-25-7-4-8-26-55)44-53(45-52)57-28-12-16-34-65(57)74(54-23-5-3-6-24-54)66-37-19-22-48-21-9-10-27-56(48)66/h3-47H,1-2H3. The van der Waals surface area contributed by atoms with Crippen LogP contribution >= 0.6 is 0 Å². The minimum absolute atomic E-state index is 0.105. The van der Waals surface area contributed by atoms with Crippen LogP contribution in [0.3, 0.4) is 0 Å². The van der Waals surface area contributed by atoms with Gasteiger partial charge in [-0.05, 0) is 147 Å². The van der Waals surface area contributed by atoms with Crippen molar-refractivity contribution in [2.45, 2.75) is 19.3 Å². The zero-order chi connectivity index (χ0) is 50.5. The third-order valence-electron chi connectivity index (χ3n) is 16.3. The first-order valence-corrected chi connectivity index (χ1v) is 26.4. The van der Waals surface area contributed by atoms with Gasteiger partial charge in [-0.1, -0.05) is 190 Å². The normalized spacial score (nSPS) is 12.7. The molecular formula is C73H51N3. The van der Waals surface area contributed by atoms with Crippen LogP contribution in [0.25, 0.3) is 110 Å². The number of hydrogen-bond donors (Lipinski definition) is 0. The molecule has 0 atom stereocenters. The Morgan fingerprint density at radius 2 is 0.816 bits per heavy atom. The minimum Gasteiger partial charge on any atom is -0.309 e. The number of anilines is 3. The van der Waals surface area contributed by atoms with Gasteiger partial charge in [0, 0.05) is 54.8 Å². The van der Waals surface area contributed by atoms with Crippen molar-refractivity contribution in [3.63, 3.8) is 0 Å². The molecule has 0 saturated heterocycles. The monoisotopic (exact) mass is 969 g/mol. The summed E-state index contributed by atoms with van der Waals surface area (Å²) in [5.41, 5.74) is 22.7. The minimum atomic E-state index is -0.105. The molecule has 0 fully saturated rings. The molecule has 0 spiro atoms. The largest absolute Gasteiger partial charge is 0.309 e. The highest BCUT2D eigenvalue weighted by atomic mass is 15.1. The van der Waals surface area contributed by atoms with Gasteiger partial charge in [0.15, 0.2) is 0 Å². The van der Waals surface area contributed by atoms with Gasteiger partial charge in [0.1, 0.15) is 0 Å². The first kappa shape index (κ1) is 43.8. The van der Waals surface area contributed by atoms with Gasteiger partial charge in [0.2, 0.25) is 0 Å². The Kier molecular flexibility index (Phi) is 9.92. The second kappa shape index (κ2) is 17.2. The first-order valence-electron chi connectivity index (χ1n) is 26.4. The average Bonchev–Trinajstić information content (AvgIpc) is 4.13. The SMILES string of the molecule is CC1(C)c2ccccc2-c2c(-n3c4ccccc4c4cc(-c5cc(-c6ccc7c(c6)c6ccccc6n7-c6ccccc6)cc(-c6ccccc6N(c6ccccc6)c6cccc7ccccc67)c5)ccc43)cccc21. The molecule has 0 amide bonds. The van der Waals surface area contributed by atoms with Crippen LogP contribution < -0.4 is 4.90 Å². The summed E-state index contributed by atoms with van der Waals surface area (Å²) in [7, 11) is 0. The van der Waals surface area contributed by atoms with Crippen LogP contribution in [0.2, 0.25) is 0 Å². The number of aromatic nitrogens is 2. The molecule has 2 aromatic heterocycles. The second-order valence-electron chi connectivity index (χ2n) is 20.9. The highest BCUT2D eigenvalue weighted by molar-refractivity contribution is 6.13. The number of benzene rings is 12. The molecular weight excluding hydrogens is 919 g/mol. The van der Waals surface area contributed by atoms with E-state index in [4.69, 9.17) is 0 Å². The summed E-state index contributed by atoms with van der Waals surface area (Å²) < 4.78 is 4.91. The van der Waals surface area contributed by atoms with Crippen LogP contribution in [0.1, 0.15) is 25.0 Å². The van der Waals surface area contributed by atoms with Crippen LogP contribution in [0, 0.1) is 0 Å². The van der Waals surface area contributed by atoms with Gasteiger partial charge < -0.3 is 14.0 Å². The Morgan fingerprint density at radius 3 is 1.54 bits per heavy atom. The molecule has 0 radical (unpaired) electrons. The molecule has 14 aromatic rings. The maximum atomic E-state index is 2.51. The van der Waals surface area contributed by atoms with Crippen molar-refractivity contribution in [3.8, 4) is 55.9 Å². The lowest BCUT2D eigenvalue weighted by Crippen LogP contribution is -2.14. The van der Waals surface area contributed by atoms with Crippen molar-refractivity contribution in [3.05, 3.63) is 284 Å². The third-order valence-corrected chi connectivity index (χ3v) is 16.3. The zero-order valence-corrected chi connectivity index (χ0v) is 42.3. The Bertz CT molecular complexity index is 4610. The van der Waals surface area contributed by atoms with Crippen LogP contribution in [-0.2, 0) is 5.41 Å². The summed E-state index contributed by atoms with van der Waals surface area (Å²) in [4.78, 5) is 2.44. The van der Waals surface area contributed by atoms with Gasteiger partial charge >= 0.3 is 0 Å². The number of rotatable bonds is 8. The van der Waals surface area contributed by atoms with Crippen molar-refractivity contribution in [2.75, 3.05) is 4.90 Å². The van der Waals surface area contributed by atoms with E-state index in [1.165, 1.54) is 82.3 Å². The molecule has 76 heavy (non-hydrogen) atoms.